The molecular formula is C67H106NO8P. The molecule has 0 bridgehead atoms. The van der Waals surface area contributed by atoms with Gasteiger partial charge in [0.2, 0.25) is 0 Å². The molecular weight excluding hydrogens is 978 g/mol. The molecule has 0 aromatic rings. The molecule has 0 aliphatic heterocycles. The molecule has 0 aromatic carbocycles. The van der Waals surface area contributed by atoms with E-state index in [2.05, 4.69) is 184 Å². The van der Waals surface area contributed by atoms with E-state index in [-0.39, 0.29) is 26.1 Å². The van der Waals surface area contributed by atoms with Crippen LogP contribution >= 0.6 is 7.82 Å². The van der Waals surface area contributed by atoms with Gasteiger partial charge in [0.25, 0.3) is 7.82 Å². The number of hydrogen-bond acceptors (Lipinski definition) is 8. The van der Waals surface area contributed by atoms with Crippen LogP contribution in [0.4, 0.5) is 0 Å². The number of phosphoric acid groups is 1. The molecule has 432 valence electrons. The Bertz CT molecular complexity index is 1900. The van der Waals surface area contributed by atoms with Crippen LogP contribution in [0.3, 0.4) is 0 Å². The maximum atomic E-state index is 12.8. The van der Waals surface area contributed by atoms with Gasteiger partial charge in [-0.15, -0.1) is 0 Å². The molecule has 0 heterocycles. The van der Waals surface area contributed by atoms with Gasteiger partial charge in [0, 0.05) is 12.8 Å². The summed E-state index contributed by atoms with van der Waals surface area (Å²) in [6.45, 7) is 3.97. The SMILES string of the molecule is CC/C=C\C/C=C\C/C=C\C/C=C\C/C=C\C/C=C\C/C=C\C/C=C\C/C=C\C/C=C\C/C=C\C/C=C\CCCCC(=O)OC(COC(=O)CCCCCCC/C=C\C/C=C\CCCC)COP(=O)([O-])OCC[N+](C)(C)C. The minimum Gasteiger partial charge on any atom is -0.756 e. The Kier molecular flexibility index (Phi) is 52.7. The van der Waals surface area contributed by atoms with E-state index in [0.717, 1.165) is 135 Å². The van der Waals surface area contributed by atoms with Crippen molar-refractivity contribution in [2.45, 2.75) is 193 Å². The molecule has 0 amide bonds. The van der Waals surface area contributed by atoms with Crippen molar-refractivity contribution in [3.63, 3.8) is 0 Å². The number of likely N-dealkylation sites (N-methyl/N-ethyl adjacent to an activating group) is 1. The molecule has 77 heavy (non-hydrogen) atoms. The lowest BCUT2D eigenvalue weighted by Crippen LogP contribution is -2.37. The van der Waals surface area contributed by atoms with Crippen molar-refractivity contribution < 1.29 is 42.1 Å². The van der Waals surface area contributed by atoms with Crippen molar-refractivity contribution >= 4 is 19.8 Å². The van der Waals surface area contributed by atoms with Gasteiger partial charge in [-0.2, -0.15) is 0 Å². The Labute approximate surface area is 470 Å². The third kappa shape index (κ3) is 60.5. The summed E-state index contributed by atoms with van der Waals surface area (Å²) < 4.78 is 34.0. The number of hydrogen-bond donors (Lipinski definition) is 0. The third-order valence-corrected chi connectivity index (χ3v) is 12.4. The van der Waals surface area contributed by atoms with E-state index in [1.54, 1.807) is 0 Å². The molecule has 10 heteroatoms. The van der Waals surface area contributed by atoms with Gasteiger partial charge in [-0.3, -0.25) is 14.2 Å². The molecule has 0 spiro atoms. The average Bonchev–Trinajstić information content (AvgIpc) is 3.39. The number of unbranched alkanes of at least 4 members (excludes halogenated alkanes) is 9. The second-order valence-electron chi connectivity index (χ2n) is 19.9. The average molecular weight is 1080 g/mol. The highest BCUT2D eigenvalue weighted by Gasteiger charge is 2.21. The van der Waals surface area contributed by atoms with Crippen LogP contribution in [0.15, 0.2) is 170 Å². The van der Waals surface area contributed by atoms with E-state index in [4.69, 9.17) is 18.5 Å². The van der Waals surface area contributed by atoms with Gasteiger partial charge in [-0.1, -0.05) is 216 Å². The first-order valence-electron chi connectivity index (χ1n) is 29.3. The molecule has 2 atom stereocenters. The normalized spacial score (nSPS) is 14.5. The topological polar surface area (TPSA) is 111 Å². The van der Waals surface area contributed by atoms with Crippen LogP contribution in [0.1, 0.15) is 187 Å². The van der Waals surface area contributed by atoms with Crippen molar-refractivity contribution in [3.05, 3.63) is 170 Å². The number of carbonyl (C=O) groups excluding carboxylic acids is 2. The molecule has 0 radical (unpaired) electrons. The number of allylic oxidation sites excluding steroid dienone is 28. The minimum absolute atomic E-state index is 0.0515. The number of ether oxygens (including phenoxy) is 2. The van der Waals surface area contributed by atoms with E-state index in [0.29, 0.717) is 23.9 Å². The zero-order chi connectivity index (χ0) is 56.3. The zero-order valence-electron chi connectivity index (χ0n) is 48.8. The van der Waals surface area contributed by atoms with Gasteiger partial charge in [-0.25, -0.2) is 0 Å². The lowest BCUT2D eigenvalue weighted by molar-refractivity contribution is -0.870. The van der Waals surface area contributed by atoms with Gasteiger partial charge in [0.1, 0.15) is 19.8 Å². The smallest absolute Gasteiger partial charge is 0.306 e. The number of quaternary nitrogens is 1. The summed E-state index contributed by atoms with van der Waals surface area (Å²) in [7, 11) is 1.10. The predicted octanol–water partition coefficient (Wildman–Crippen LogP) is 18.0. The molecule has 0 aliphatic carbocycles. The Morgan fingerprint density at radius 2 is 0.740 bits per heavy atom. The summed E-state index contributed by atoms with van der Waals surface area (Å²) in [6, 6.07) is 0. The fourth-order valence-electron chi connectivity index (χ4n) is 6.94. The predicted molar refractivity (Wildman–Crippen MR) is 327 cm³/mol. The lowest BCUT2D eigenvalue weighted by Gasteiger charge is -2.28. The van der Waals surface area contributed by atoms with E-state index in [1.807, 2.05) is 21.1 Å². The molecule has 0 saturated carbocycles. The van der Waals surface area contributed by atoms with Crippen molar-refractivity contribution in [2.24, 2.45) is 0 Å². The largest absolute Gasteiger partial charge is 0.756 e. The zero-order valence-corrected chi connectivity index (χ0v) is 49.7. The number of rotatable bonds is 51. The summed E-state index contributed by atoms with van der Waals surface area (Å²) >= 11 is 0. The Morgan fingerprint density at radius 1 is 0.416 bits per heavy atom. The summed E-state index contributed by atoms with van der Waals surface area (Å²) in [4.78, 5) is 37.7. The first kappa shape index (κ1) is 72.4. The van der Waals surface area contributed by atoms with Crippen molar-refractivity contribution in [1.82, 2.24) is 0 Å². The fourth-order valence-corrected chi connectivity index (χ4v) is 7.67. The summed E-state index contributed by atoms with van der Waals surface area (Å²) in [5.41, 5.74) is 0. The Hall–Kier alpha value is -4.63. The van der Waals surface area contributed by atoms with E-state index in [9.17, 15) is 19.0 Å². The van der Waals surface area contributed by atoms with E-state index >= 15 is 0 Å². The van der Waals surface area contributed by atoms with E-state index < -0.39 is 32.5 Å². The number of carbonyl (C=O) groups is 2. The molecule has 2 unspecified atom stereocenters. The summed E-state index contributed by atoms with van der Waals surface area (Å²) in [6.07, 6.45) is 85.6. The van der Waals surface area contributed by atoms with E-state index in [1.165, 1.54) is 12.8 Å². The van der Waals surface area contributed by atoms with Crippen molar-refractivity contribution in [2.75, 3.05) is 47.5 Å². The first-order valence-corrected chi connectivity index (χ1v) is 30.8. The van der Waals surface area contributed by atoms with Crippen LogP contribution < -0.4 is 4.89 Å². The third-order valence-electron chi connectivity index (χ3n) is 11.5. The van der Waals surface area contributed by atoms with Gasteiger partial charge in [0.15, 0.2) is 6.10 Å². The fraction of sp³-hybridized carbons (Fsp3) is 0.552. The maximum Gasteiger partial charge on any atom is 0.306 e. The standard InChI is InChI=1S/C67H106NO8P/c1-6-8-10-12-14-16-18-20-22-23-24-25-26-27-28-29-30-31-32-33-34-35-36-37-38-39-40-41-42-43-44-45-46-48-50-52-54-56-58-60-67(70)76-65(64-75-77(71,72)74-62-61-68(3,4)5)63-73-66(69)59-57-55-53-51-49-47-21-19-17-15-13-11-9-7-2/h8,10,13-16,19-22,24-25,27-28,30-31,33-34,36-37,39-40,42-43,45-46,50,52,65H,6-7,9,11-12,17-18,23,26,29,32,35,38,41,44,47-49,51,53-64H2,1-5H3/b10-8-,15-13-,16-14-,21-19-,22-20-,25-24-,28-27-,31-30-,34-33-,37-36-,40-39-,43-42-,46-45-,52-50-. The molecule has 9 nitrogen and oxygen atoms in total. The van der Waals surface area contributed by atoms with Gasteiger partial charge in [-0.05, 0) is 128 Å². The number of phosphoric ester groups is 1. The molecule has 0 saturated heterocycles. The highest BCUT2D eigenvalue weighted by molar-refractivity contribution is 7.45. The highest BCUT2D eigenvalue weighted by Crippen LogP contribution is 2.38. The molecule has 0 rings (SSSR count). The Morgan fingerprint density at radius 3 is 1.13 bits per heavy atom. The Balaban J connectivity index is 4.26. The second kappa shape index (κ2) is 56.1. The number of nitrogens with zero attached hydrogens (tertiary/aromatic N) is 1. The number of esters is 2. The molecule has 0 fully saturated rings. The van der Waals surface area contributed by atoms with Crippen LogP contribution in [0.25, 0.3) is 0 Å². The van der Waals surface area contributed by atoms with Crippen molar-refractivity contribution in [3.8, 4) is 0 Å². The van der Waals surface area contributed by atoms with Crippen LogP contribution in [0.2, 0.25) is 0 Å². The van der Waals surface area contributed by atoms with Gasteiger partial charge in [0.05, 0.1) is 27.7 Å². The van der Waals surface area contributed by atoms with Crippen LogP contribution in [-0.4, -0.2) is 70.0 Å². The first-order chi connectivity index (χ1) is 37.5. The second-order valence-corrected chi connectivity index (χ2v) is 21.3. The van der Waals surface area contributed by atoms with Crippen molar-refractivity contribution in [1.29, 1.82) is 0 Å². The molecule has 0 aromatic heterocycles. The highest BCUT2D eigenvalue weighted by atomic mass is 31.2. The van der Waals surface area contributed by atoms with Crippen LogP contribution in [-0.2, 0) is 32.7 Å². The van der Waals surface area contributed by atoms with Gasteiger partial charge < -0.3 is 27.9 Å². The van der Waals surface area contributed by atoms with Crippen LogP contribution in [0, 0.1) is 0 Å². The molecule has 0 aliphatic rings. The molecule has 0 N–H and O–H groups in total. The van der Waals surface area contributed by atoms with Crippen LogP contribution in [0.5, 0.6) is 0 Å². The minimum atomic E-state index is -4.66. The lowest BCUT2D eigenvalue weighted by atomic mass is 10.1. The summed E-state index contributed by atoms with van der Waals surface area (Å²) in [5, 5.41) is 0. The van der Waals surface area contributed by atoms with Gasteiger partial charge >= 0.3 is 11.9 Å². The maximum absolute atomic E-state index is 12.8. The summed E-state index contributed by atoms with van der Waals surface area (Å²) in [5.74, 6) is -0.918. The monoisotopic (exact) mass is 1080 g/mol. The quantitative estimate of drug-likeness (QED) is 0.0195.